The minimum Gasteiger partial charge on any atom is -0.313 e. The van der Waals surface area contributed by atoms with E-state index in [2.05, 4.69) is 33.0 Å². The predicted octanol–water partition coefficient (Wildman–Crippen LogP) is 3.59. The second-order valence-electron chi connectivity index (χ2n) is 6.00. The van der Waals surface area contributed by atoms with Gasteiger partial charge in [0.15, 0.2) is 0 Å². The number of nitrogens with one attached hydrogen (secondary N) is 1. The van der Waals surface area contributed by atoms with Gasteiger partial charge in [0.2, 0.25) is 0 Å². The van der Waals surface area contributed by atoms with Gasteiger partial charge in [-0.05, 0) is 37.6 Å². The largest absolute Gasteiger partial charge is 0.313 e. The summed E-state index contributed by atoms with van der Waals surface area (Å²) in [4.78, 5) is 0. The minimum atomic E-state index is 0.397. The second kappa shape index (κ2) is 5.16. The Morgan fingerprint density at radius 3 is 2.21 bits per heavy atom. The summed E-state index contributed by atoms with van der Waals surface area (Å²) in [6.45, 7) is 10.5. The van der Waals surface area contributed by atoms with E-state index < -0.39 is 0 Å². The molecule has 1 heteroatoms. The van der Waals surface area contributed by atoms with Crippen molar-refractivity contribution in [2.45, 2.75) is 65.8 Å². The highest BCUT2D eigenvalue weighted by Crippen LogP contribution is 2.24. The smallest absolute Gasteiger partial charge is 0.00873 e. The highest BCUT2D eigenvalue weighted by molar-refractivity contribution is 4.78. The molecule has 0 aliphatic heterocycles. The average molecular weight is 197 g/mol. The van der Waals surface area contributed by atoms with Crippen LogP contribution in [0.3, 0.4) is 0 Å². The summed E-state index contributed by atoms with van der Waals surface area (Å²) in [5.41, 5.74) is 0.397. The van der Waals surface area contributed by atoms with E-state index in [1.807, 2.05) is 0 Å². The van der Waals surface area contributed by atoms with Crippen LogP contribution in [0.2, 0.25) is 0 Å². The van der Waals surface area contributed by atoms with E-state index in [0.29, 0.717) is 11.5 Å². The van der Waals surface area contributed by atoms with Gasteiger partial charge >= 0.3 is 0 Å². The molecule has 1 atom stereocenters. The summed E-state index contributed by atoms with van der Waals surface area (Å²) in [5.74, 6) is 0.952. The van der Waals surface area contributed by atoms with Crippen molar-refractivity contribution < 1.29 is 0 Å². The molecule has 1 N–H and O–H groups in total. The molecule has 0 aromatic heterocycles. The molecule has 0 saturated heterocycles. The van der Waals surface area contributed by atoms with E-state index in [0.717, 1.165) is 5.92 Å². The van der Waals surface area contributed by atoms with Gasteiger partial charge in [-0.3, -0.25) is 0 Å². The van der Waals surface area contributed by atoms with Gasteiger partial charge in [0.1, 0.15) is 0 Å². The fourth-order valence-electron chi connectivity index (χ4n) is 2.04. The molecule has 0 spiro atoms. The van der Waals surface area contributed by atoms with E-state index in [-0.39, 0.29) is 0 Å². The van der Waals surface area contributed by atoms with Crippen LogP contribution in [0.25, 0.3) is 0 Å². The molecule has 0 radical (unpaired) electrons. The lowest BCUT2D eigenvalue weighted by atomic mass is 9.86. The molecule has 1 rings (SSSR count). The Morgan fingerprint density at radius 2 is 1.71 bits per heavy atom. The van der Waals surface area contributed by atoms with Gasteiger partial charge in [-0.2, -0.15) is 0 Å². The maximum absolute atomic E-state index is 3.69. The van der Waals surface area contributed by atoms with Crippen LogP contribution in [0.4, 0.5) is 0 Å². The normalized spacial score (nSPS) is 22.3. The third kappa shape index (κ3) is 4.00. The molecule has 1 unspecified atom stereocenters. The van der Waals surface area contributed by atoms with Crippen LogP contribution in [0.1, 0.15) is 59.8 Å². The summed E-state index contributed by atoms with van der Waals surface area (Å²) in [6.07, 6.45) is 7.27. The molecular formula is C13H27N. The zero-order valence-corrected chi connectivity index (χ0v) is 10.4. The van der Waals surface area contributed by atoms with Crippen LogP contribution < -0.4 is 5.32 Å². The Bertz CT molecular complexity index is 151. The first kappa shape index (κ1) is 12.0. The lowest BCUT2D eigenvalue weighted by molar-refractivity contribution is 0.254. The number of rotatable bonds is 3. The molecule has 14 heavy (non-hydrogen) atoms. The molecule has 1 fully saturated rings. The number of hydrogen-bond acceptors (Lipinski definition) is 1. The predicted molar refractivity (Wildman–Crippen MR) is 63.5 cm³/mol. The zero-order valence-electron chi connectivity index (χ0n) is 10.4. The highest BCUT2D eigenvalue weighted by atomic mass is 14.9. The van der Waals surface area contributed by atoms with Crippen LogP contribution in [-0.4, -0.2) is 12.6 Å². The molecular weight excluding hydrogens is 170 g/mol. The van der Waals surface area contributed by atoms with Crippen molar-refractivity contribution in [3.8, 4) is 0 Å². The van der Waals surface area contributed by atoms with Gasteiger partial charge in [0.25, 0.3) is 0 Å². The lowest BCUT2D eigenvalue weighted by Crippen LogP contribution is -2.40. The molecule has 1 saturated carbocycles. The summed E-state index contributed by atoms with van der Waals surface area (Å²) in [5, 5.41) is 3.69. The second-order valence-corrected chi connectivity index (χ2v) is 6.00. The molecule has 1 nitrogen and oxygen atoms in total. The summed E-state index contributed by atoms with van der Waals surface area (Å²) < 4.78 is 0. The van der Waals surface area contributed by atoms with E-state index in [1.54, 1.807) is 0 Å². The standard InChI is InChI=1S/C13H27N/c1-11(13(2,3)4)14-10-12-8-6-5-7-9-12/h11-12,14H,5-10H2,1-4H3. The fourth-order valence-corrected chi connectivity index (χ4v) is 2.04. The zero-order chi connectivity index (χ0) is 10.6. The third-order valence-corrected chi connectivity index (χ3v) is 3.74. The fraction of sp³-hybridized carbons (Fsp3) is 1.00. The van der Waals surface area contributed by atoms with Crippen molar-refractivity contribution in [1.29, 1.82) is 0 Å². The average Bonchev–Trinajstić information content (AvgIpc) is 2.14. The summed E-state index contributed by atoms with van der Waals surface area (Å²) >= 11 is 0. The molecule has 1 aliphatic rings. The first-order valence-corrected chi connectivity index (χ1v) is 6.23. The van der Waals surface area contributed by atoms with Gasteiger partial charge < -0.3 is 5.32 Å². The Balaban J connectivity index is 2.19. The topological polar surface area (TPSA) is 12.0 Å². The lowest BCUT2D eigenvalue weighted by Gasteiger charge is -2.31. The molecule has 84 valence electrons. The van der Waals surface area contributed by atoms with Crippen molar-refractivity contribution in [3.05, 3.63) is 0 Å². The van der Waals surface area contributed by atoms with Gasteiger partial charge in [-0.15, -0.1) is 0 Å². The maximum Gasteiger partial charge on any atom is 0.00873 e. The Morgan fingerprint density at radius 1 is 1.14 bits per heavy atom. The van der Waals surface area contributed by atoms with Crippen molar-refractivity contribution >= 4 is 0 Å². The van der Waals surface area contributed by atoms with Crippen molar-refractivity contribution in [2.24, 2.45) is 11.3 Å². The van der Waals surface area contributed by atoms with Crippen LogP contribution in [0.5, 0.6) is 0 Å². The number of hydrogen-bond donors (Lipinski definition) is 1. The third-order valence-electron chi connectivity index (χ3n) is 3.74. The monoisotopic (exact) mass is 197 g/mol. The quantitative estimate of drug-likeness (QED) is 0.729. The van der Waals surface area contributed by atoms with Gasteiger partial charge in [-0.25, -0.2) is 0 Å². The van der Waals surface area contributed by atoms with Gasteiger partial charge in [0, 0.05) is 6.04 Å². The molecule has 0 bridgehead atoms. The summed E-state index contributed by atoms with van der Waals surface area (Å²) in [7, 11) is 0. The van der Waals surface area contributed by atoms with Gasteiger partial charge in [-0.1, -0.05) is 40.0 Å². The molecule has 0 heterocycles. The Kier molecular flexibility index (Phi) is 4.43. The SMILES string of the molecule is CC(NCC1CCCCC1)C(C)(C)C. The Hall–Kier alpha value is -0.0400. The highest BCUT2D eigenvalue weighted by Gasteiger charge is 2.21. The van der Waals surface area contributed by atoms with Crippen molar-refractivity contribution in [1.82, 2.24) is 5.32 Å². The van der Waals surface area contributed by atoms with Crippen molar-refractivity contribution in [3.63, 3.8) is 0 Å². The van der Waals surface area contributed by atoms with E-state index >= 15 is 0 Å². The van der Waals surface area contributed by atoms with Crippen molar-refractivity contribution in [2.75, 3.05) is 6.54 Å². The van der Waals surface area contributed by atoms with Crippen LogP contribution in [-0.2, 0) is 0 Å². The van der Waals surface area contributed by atoms with Crippen LogP contribution in [0, 0.1) is 11.3 Å². The Labute approximate surface area is 89.7 Å². The maximum atomic E-state index is 3.69. The molecule has 0 aromatic rings. The first-order valence-electron chi connectivity index (χ1n) is 6.23. The van der Waals surface area contributed by atoms with E-state index in [9.17, 15) is 0 Å². The van der Waals surface area contributed by atoms with Crippen LogP contribution >= 0.6 is 0 Å². The minimum absolute atomic E-state index is 0.397. The molecule has 1 aliphatic carbocycles. The van der Waals surface area contributed by atoms with Gasteiger partial charge in [0.05, 0.1) is 0 Å². The first-order chi connectivity index (χ1) is 6.50. The molecule has 0 amide bonds. The molecule has 0 aromatic carbocycles. The van der Waals surface area contributed by atoms with Crippen LogP contribution in [0.15, 0.2) is 0 Å². The summed E-state index contributed by atoms with van der Waals surface area (Å²) in [6, 6.07) is 0.629. The van der Waals surface area contributed by atoms with E-state index in [4.69, 9.17) is 0 Å². The van der Waals surface area contributed by atoms with E-state index in [1.165, 1.54) is 38.6 Å².